The predicted molar refractivity (Wildman–Crippen MR) is 170 cm³/mol. The molecule has 4 nitrogen and oxygen atoms in total. The molecule has 2 spiro atoms. The zero-order chi connectivity index (χ0) is 29.9. The molecule has 8 aliphatic rings. The molecule has 9 rings (SSSR count). The Morgan fingerprint density at radius 2 is 1.84 bits per heavy atom. The summed E-state index contributed by atoms with van der Waals surface area (Å²) >= 11 is 0. The topological polar surface area (TPSA) is 75.7 Å². The van der Waals surface area contributed by atoms with E-state index in [0.29, 0.717) is 34.8 Å². The zero-order valence-electron chi connectivity index (χ0n) is 26.8. The number of ether oxygens (including phenoxy) is 1. The zero-order valence-corrected chi connectivity index (χ0v) is 26.8. The van der Waals surface area contributed by atoms with Crippen LogP contribution in [0.25, 0.3) is 0 Å². The number of phenols is 1. The molecule has 1 aromatic carbocycles. The van der Waals surface area contributed by atoms with Crippen LogP contribution in [0.3, 0.4) is 0 Å². The monoisotopic (exact) mass is 583 g/mol. The highest BCUT2D eigenvalue weighted by Crippen LogP contribution is 2.70. The standard InChI is InChI=1S/C39H53NO3/c1-23(2)15-24-13-14-37(18-24)19-27-16-29(21-37)38-20-26-5-8-28(22-41)39(40,35(26)36(3,4)43-38)34(38)12-7-25-6-10-31(27)32-11-9-30(42)17-33(25)32/h6,9-11,17,23-29,31,34-35,41-42H,5,8,13-16,18-22,40H2,1-4H3. The smallest absolute Gasteiger partial charge is 0.115 e. The van der Waals surface area contributed by atoms with Gasteiger partial charge in [-0.1, -0.05) is 43.9 Å². The first-order valence-corrected chi connectivity index (χ1v) is 17.6. The van der Waals surface area contributed by atoms with E-state index in [1.807, 2.05) is 12.1 Å². The summed E-state index contributed by atoms with van der Waals surface area (Å²) in [5.74, 6) is 11.4. The molecule has 0 radical (unpaired) electrons. The molecule has 8 bridgehead atoms. The summed E-state index contributed by atoms with van der Waals surface area (Å²) in [6, 6.07) is 6.05. The lowest BCUT2D eigenvalue weighted by molar-refractivity contribution is -0.342. The minimum atomic E-state index is -0.571. The molecule has 4 heteroatoms. The molecule has 2 heterocycles. The number of nitrogens with two attached hydrogens (primary N) is 1. The molecular formula is C39H53NO3. The van der Waals surface area contributed by atoms with Gasteiger partial charge in [-0.05, 0) is 136 Å². The van der Waals surface area contributed by atoms with Gasteiger partial charge in [-0.15, -0.1) is 0 Å². The summed E-state index contributed by atoms with van der Waals surface area (Å²) in [7, 11) is 0. The van der Waals surface area contributed by atoms with Crippen LogP contribution >= 0.6 is 0 Å². The number of aromatic hydroxyl groups is 1. The lowest BCUT2D eigenvalue weighted by Crippen LogP contribution is -2.82. The Labute approximate surface area is 259 Å². The third kappa shape index (κ3) is 4.06. The molecule has 12 unspecified atom stereocenters. The molecule has 6 aliphatic carbocycles. The normalized spacial score (nSPS) is 48.4. The summed E-state index contributed by atoms with van der Waals surface area (Å²) in [4.78, 5) is 0. The Morgan fingerprint density at radius 3 is 2.63 bits per heavy atom. The molecule has 0 amide bonds. The second kappa shape index (κ2) is 9.60. The molecule has 6 fully saturated rings. The van der Waals surface area contributed by atoms with E-state index in [2.05, 4.69) is 57.8 Å². The van der Waals surface area contributed by atoms with Crippen LogP contribution in [0.15, 0.2) is 30.4 Å². The Kier molecular flexibility index (Phi) is 6.40. The van der Waals surface area contributed by atoms with Crippen molar-refractivity contribution in [3.63, 3.8) is 0 Å². The first-order chi connectivity index (χ1) is 20.5. The highest BCUT2D eigenvalue weighted by molar-refractivity contribution is 5.50. The fourth-order valence-electron chi connectivity index (χ4n) is 13.1. The van der Waals surface area contributed by atoms with Crippen molar-refractivity contribution in [2.24, 2.45) is 58.5 Å². The Hall–Kier alpha value is -1.80. The second-order valence-electron chi connectivity index (χ2n) is 17.3. The van der Waals surface area contributed by atoms with E-state index in [9.17, 15) is 10.2 Å². The maximum Gasteiger partial charge on any atom is 0.115 e. The third-order valence-corrected chi connectivity index (χ3v) is 14.0. The summed E-state index contributed by atoms with van der Waals surface area (Å²) in [6.07, 6.45) is 17.0. The van der Waals surface area contributed by atoms with Crippen LogP contribution in [0.1, 0.15) is 115 Å². The van der Waals surface area contributed by atoms with Crippen molar-refractivity contribution in [3.05, 3.63) is 41.5 Å². The first-order valence-electron chi connectivity index (χ1n) is 17.6. The first kappa shape index (κ1) is 28.7. The number of phenolic OH excluding ortho intramolecular Hbond substituents is 1. The van der Waals surface area contributed by atoms with Crippen LogP contribution in [0.2, 0.25) is 0 Å². The Bertz CT molecular complexity index is 1390. The van der Waals surface area contributed by atoms with Gasteiger partial charge < -0.3 is 20.7 Å². The molecule has 0 aromatic heterocycles. The molecule has 4 saturated carbocycles. The Balaban J connectivity index is 1.33. The van der Waals surface area contributed by atoms with Crippen molar-refractivity contribution >= 4 is 0 Å². The number of benzene rings is 1. The minimum absolute atomic E-state index is 0.0412. The highest BCUT2D eigenvalue weighted by Gasteiger charge is 2.74. The molecule has 43 heavy (non-hydrogen) atoms. The van der Waals surface area contributed by atoms with Crippen molar-refractivity contribution in [1.82, 2.24) is 0 Å². The number of allylic oxidation sites excluding steroid dienone is 2. The average molecular weight is 584 g/mol. The number of fused-ring (bicyclic) bond motifs is 9. The van der Waals surface area contributed by atoms with Crippen LogP contribution in [0.4, 0.5) is 0 Å². The molecule has 2 aliphatic heterocycles. The van der Waals surface area contributed by atoms with E-state index in [1.165, 1.54) is 49.7 Å². The van der Waals surface area contributed by atoms with Gasteiger partial charge in [0.15, 0.2) is 0 Å². The number of rotatable bonds is 3. The third-order valence-electron chi connectivity index (χ3n) is 14.0. The maximum absolute atomic E-state index is 10.8. The predicted octanol–water partition coefficient (Wildman–Crippen LogP) is 7.29. The van der Waals surface area contributed by atoms with E-state index >= 15 is 0 Å². The van der Waals surface area contributed by atoms with E-state index in [-0.39, 0.29) is 35.9 Å². The molecule has 12 atom stereocenters. The quantitative estimate of drug-likeness (QED) is 0.258. The van der Waals surface area contributed by atoms with Crippen LogP contribution < -0.4 is 5.73 Å². The SMILES string of the molecule is CC(C)CC1CCC2(C1)CC1CC(C2)C23CC4CCC(CO)C(N)(C4C(C)(C)O2)C3C#CC2C=CC1c1ccc(O)cc12. The van der Waals surface area contributed by atoms with E-state index in [4.69, 9.17) is 10.5 Å². The van der Waals surface area contributed by atoms with E-state index in [0.717, 1.165) is 37.5 Å². The average Bonchev–Trinajstić information content (AvgIpc) is 3.30. The summed E-state index contributed by atoms with van der Waals surface area (Å²) in [6.45, 7) is 9.50. The van der Waals surface area contributed by atoms with Crippen LogP contribution in [-0.4, -0.2) is 33.6 Å². The Morgan fingerprint density at radius 1 is 1.00 bits per heavy atom. The summed E-state index contributed by atoms with van der Waals surface area (Å²) in [5.41, 5.74) is 9.39. The highest BCUT2D eigenvalue weighted by atomic mass is 16.5. The number of hydrogen-bond donors (Lipinski definition) is 3. The van der Waals surface area contributed by atoms with E-state index < -0.39 is 11.1 Å². The maximum atomic E-state index is 10.8. The molecule has 2 saturated heterocycles. The van der Waals surface area contributed by atoms with Crippen LogP contribution in [-0.2, 0) is 4.74 Å². The fourth-order valence-corrected chi connectivity index (χ4v) is 13.1. The summed E-state index contributed by atoms with van der Waals surface area (Å²) in [5, 5.41) is 21.4. The van der Waals surface area contributed by atoms with Crippen molar-refractivity contribution in [2.75, 3.05) is 6.61 Å². The van der Waals surface area contributed by atoms with Gasteiger partial charge in [0, 0.05) is 29.9 Å². The number of hydrogen-bond acceptors (Lipinski definition) is 4. The number of aliphatic hydroxyl groups is 1. The minimum Gasteiger partial charge on any atom is -0.508 e. The van der Waals surface area contributed by atoms with Crippen LogP contribution in [0, 0.1) is 64.6 Å². The fraction of sp³-hybridized carbons (Fsp3) is 0.744. The van der Waals surface area contributed by atoms with Crippen molar-refractivity contribution in [2.45, 2.75) is 120 Å². The van der Waals surface area contributed by atoms with Gasteiger partial charge in [0.2, 0.25) is 0 Å². The second-order valence-corrected chi connectivity index (χ2v) is 17.3. The van der Waals surface area contributed by atoms with Gasteiger partial charge in [0.1, 0.15) is 5.75 Å². The van der Waals surface area contributed by atoms with Crippen molar-refractivity contribution < 1.29 is 14.9 Å². The van der Waals surface area contributed by atoms with Crippen molar-refractivity contribution in [3.8, 4) is 17.6 Å². The van der Waals surface area contributed by atoms with Gasteiger partial charge in [-0.25, -0.2) is 0 Å². The molecule has 4 N–H and O–H groups in total. The largest absolute Gasteiger partial charge is 0.508 e. The van der Waals surface area contributed by atoms with E-state index in [1.54, 1.807) is 0 Å². The summed E-state index contributed by atoms with van der Waals surface area (Å²) < 4.78 is 7.57. The van der Waals surface area contributed by atoms with Gasteiger partial charge >= 0.3 is 0 Å². The van der Waals surface area contributed by atoms with Gasteiger partial charge in [-0.3, -0.25) is 0 Å². The lowest BCUT2D eigenvalue weighted by atomic mass is 9.40. The lowest BCUT2D eigenvalue weighted by Gasteiger charge is -2.73. The number of aliphatic hydroxyl groups excluding tert-OH is 1. The molecule has 232 valence electrons. The van der Waals surface area contributed by atoms with Gasteiger partial charge in [-0.2, -0.15) is 0 Å². The molecular weight excluding hydrogens is 530 g/mol. The van der Waals surface area contributed by atoms with Crippen molar-refractivity contribution in [1.29, 1.82) is 0 Å². The van der Waals surface area contributed by atoms with Gasteiger partial charge in [0.05, 0.1) is 23.0 Å². The van der Waals surface area contributed by atoms with Crippen LogP contribution in [0.5, 0.6) is 5.75 Å². The van der Waals surface area contributed by atoms with Gasteiger partial charge in [0.25, 0.3) is 0 Å². The molecule has 1 aromatic rings.